The van der Waals surface area contributed by atoms with Crippen molar-refractivity contribution < 1.29 is 4.74 Å². The Labute approximate surface area is 131 Å². The van der Waals surface area contributed by atoms with Crippen LogP contribution in [-0.4, -0.2) is 18.1 Å². The van der Waals surface area contributed by atoms with Crippen molar-refractivity contribution in [1.29, 1.82) is 0 Å². The van der Waals surface area contributed by atoms with Crippen LogP contribution in [0.1, 0.15) is 18.1 Å². The minimum atomic E-state index is 0.615. The maximum absolute atomic E-state index is 5.78. The summed E-state index contributed by atoms with van der Waals surface area (Å²) in [6, 6.07) is 18.6. The molecule has 2 aromatic rings. The molecular formula is C18H23NOS. The van der Waals surface area contributed by atoms with Gasteiger partial charge in [0, 0.05) is 18.3 Å². The molecule has 0 radical (unpaired) electrons. The Hall–Kier alpha value is -1.45. The lowest BCUT2D eigenvalue weighted by Gasteiger charge is -2.10. The van der Waals surface area contributed by atoms with E-state index in [2.05, 4.69) is 42.8 Å². The topological polar surface area (TPSA) is 21.3 Å². The maximum atomic E-state index is 5.78. The third-order valence-corrected chi connectivity index (χ3v) is 4.31. The third-order valence-electron chi connectivity index (χ3n) is 3.33. The van der Waals surface area contributed by atoms with E-state index in [0.717, 1.165) is 18.8 Å². The fourth-order valence-electron chi connectivity index (χ4n) is 1.95. The van der Waals surface area contributed by atoms with Crippen molar-refractivity contribution in [2.24, 2.45) is 0 Å². The van der Waals surface area contributed by atoms with E-state index in [1.807, 2.05) is 42.1 Å². The molecule has 0 saturated heterocycles. The molecule has 0 bridgehead atoms. The predicted molar refractivity (Wildman–Crippen MR) is 91.9 cm³/mol. The molecule has 0 amide bonds. The molecule has 2 rings (SSSR count). The van der Waals surface area contributed by atoms with Gasteiger partial charge >= 0.3 is 0 Å². The second-order valence-electron chi connectivity index (χ2n) is 5.10. The Bertz CT molecular complexity index is 513. The van der Waals surface area contributed by atoms with Crippen LogP contribution in [-0.2, 0) is 13.2 Å². The maximum Gasteiger partial charge on any atom is 0.119 e. The standard InChI is InChI=1S/C18H23NOS/c1-15(21-2)12-19-13-16-8-10-18(11-9-16)20-14-17-6-4-3-5-7-17/h3-11,15,19H,12-14H2,1-2H3. The highest BCUT2D eigenvalue weighted by atomic mass is 32.2. The van der Waals surface area contributed by atoms with Crippen LogP contribution in [0.4, 0.5) is 0 Å². The van der Waals surface area contributed by atoms with Crippen LogP contribution in [0.15, 0.2) is 54.6 Å². The van der Waals surface area contributed by atoms with Gasteiger partial charge in [-0.05, 0) is 29.5 Å². The Morgan fingerprint density at radius 1 is 1.00 bits per heavy atom. The molecule has 3 heteroatoms. The Balaban J connectivity index is 1.76. The zero-order valence-electron chi connectivity index (χ0n) is 12.7. The van der Waals surface area contributed by atoms with Gasteiger partial charge < -0.3 is 10.1 Å². The number of thioether (sulfide) groups is 1. The van der Waals surface area contributed by atoms with Crippen molar-refractivity contribution >= 4 is 11.8 Å². The monoisotopic (exact) mass is 301 g/mol. The van der Waals surface area contributed by atoms with E-state index < -0.39 is 0 Å². The van der Waals surface area contributed by atoms with Crippen molar-refractivity contribution in [2.75, 3.05) is 12.8 Å². The van der Waals surface area contributed by atoms with Crippen molar-refractivity contribution in [3.05, 3.63) is 65.7 Å². The van der Waals surface area contributed by atoms with E-state index in [9.17, 15) is 0 Å². The van der Waals surface area contributed by atoms with Gasteiger partial charge in [0.15, 0.2) is 0 Å². The van der Waals surface area contributed by atoms with Gasteiger partial charge in [-0.15, -0.1) is 0 Å². The van der Waals surface area contributed by atoms with Gasteiger partial charge in [-0.2, -0.15) is 11.8 Å². The first kappa shape index (κ1) is 15.9. The lowest BCUT2D eigenvalue weighted by molar-refractivity contribution is 0.306. The minimum Gasteiger partial charge on any atom is -0.489 e. The van der Waals surface area contributed by atoms with E-state index in [1.54, 1.807) is 0 Å². The SMILES string of the molecule is CSC(C)CNCc1ccc(OCc2ccccc2)cc1. The molecule has 0 saturated carbocycles. The van der Waals surface area contributed by atoms with Gasteiger partial charge in [0.1, 0.15) is 12.4 Å². The Morgan fingerprint density at radius 3 is 2.38 bits per heavy atom. The van der Waals surface area contributed by atoms with Gasteiger partial charge in [-0.25, -0.2) is 0 Å². The molecule has 0 aliphatic heterocycles. The van der Waals surface area contributed by atoms with E-state index >= 15 is 0 Å². The van der Waals surface area contributed by atoms with Crippen LogP contribution in [0.5, 0.6) is 5.75 Å². The zero-order valence-corrected chi connectivity index (χ0v) is 13.5. The minimum absolute atomic E-state index is 0.615. The second-order valence-corrected chi connectivity index (χ2v) is 6.37. The molecule has 2 nitrogen and oxygen atoms in total. The van der Waals surface area contributed by atoms with Crippen molar-refractivity contribution in [1.82, 2.24) is 5.32 Å². The van der Waals surface area contributed by atoms with Crippen LogP contribution in [0.25, 0.3) is 0 Å². The molecule has 2 aromatic carbocycles. The zero-order chi connectivity index (χ0) is 14.9. The second kappa shape index (κ2) is 8.75. The summed E-state index contributed by atoms with van der Waals surface area (Å²) in [7, 11) is 0. The van der Waals surface area contributed by atoms with Gasteiger partial charge in [0.25, 0.3) is 0 Å². The first-order chi connectivity index (χ1) is 10.3. The number of ether oxygens (including phenoxy) is 1. The number of benzene rings is 2. The predicted octanol–water partition coefficient (Wildman–Crippen LogP) is 4.11. The average molecular weight is 301 g/mol. The van der Waals surface area contributed by atoms with Gasteiger partial charge in [0.2, 0.25) is 0 Å². The highest BCUT2D eigenvalue weighted by Gasteiger charge is 2.00. The van der Waals surface area contributed by atoms with E-state index in [1.165, 1.54) is 11.1 Å². The molecule has 0 spiro atoms. The molecule has 21 heavy (non-hydrogen) atoms. The number of rotatable bonds is 8. The van der Waals surface area contributed by atoms with Crippen LogP contribution in [0, 0.1) is 0 Å². The summed E-state index contributed by atoms with van der Waals surface area (Å²) in [5.74, 6) is 0.917. The van der Waals surface area contributed by atoms with Crippen LogP contribution >= 0.6 is 11.8 Å². The fraction of sp³-hybridized carbons (Fsp3) is 0.333. The first-order valence-electron chi connectivity index (χ1n) is 7.27. The molecule has 0 aliphatic carbocycles. The highest BCUT2D eigenvalue weighted by Crippen LogP contribution is 2.14. The highest BCUT2D eigenvalue weighted by molar-refractivity contribution is 7.99. The van der Waals surface area contributed by atoms with Crippen molar-refractivity contribution in [2.45, 2.75) is 25.3 Å². The molecule has 1 atom stereocenters. The van der Waals surface area contributed by atoms with Gasteiger partial charge in [-0.3, -0.25) is 0 Å². The summed E-state index contributed by atoms with van der Waals surface area (Å²) in [6.45, 7) is 4.79. The molecule has 1 unspecified atom stereocenters. The summed E-state index contributed by atoms with van der Waals surface area (Å²) in [5, 5.41) is 4.12. The molecule has 0 aliphatic rings. The normalized spacial score (nSPS) is 12.1. The van der Waals surface area contributed by atoms with Crippen molar-refractivity contribution in [3.63, 3.8) is 0 Å². The van der Waals surface area contributed by atoms with Gasteiger partial charge in [-0.1, -0.05) is 49.4 Å². The van der Waals surface area contributed by atoms with Crippen LogP contribution in [0.3, 0.4) is 0 Å². The molecule has 0 heterocycles. The largest absolute Gasteiger partial charge is 0.489 e. The lowest BCUT2D eigenvalue weighted by atomic mass is 10.2. The summed E-state index contributed by atoms with van der Waals surface area (Å²) < 4.78 is 5.78. The first-order valence-corrected chi connectivity index (χ1v) is 8.56. The van der Waals surface area contributed by atoms with E-state index in [0.29, 0.717) is 11.9 Å². The van der Waals surface area contributed by atoms with E-state index in [4.69, 9.17) is 4.74 Å². The van der Waals surface area contributed by atoms with Crippen LogP contribution in [0.2, 0.25) is 0 Å². The molecule has 0 fully saturated rings. The summed E-state index contributed by atoms with van der Waals surface area (Å²) >= 11 is 1.88. The third kappa shape index (κ3) is 5.82. The molecule has 1 N–H and O–H groups in total. The summed E-state index contributed by atoms with van der Waals surface area (Å²) in [6.07, 6.45) is 2.14. The fourth-order valence-corrected chi connectivity index (χ4v) is 2.23. The molecule has 112 valence electrons. The lowest BCUT2D eigenvalue weighted by Crippen LogP contribution is -2.21. The van der Waals surface area contributed by atoms with Crippen molar-refractivity contribution in [3.8, 4) is 5.75 Å². The quantitative estimate of drug-likeness (QED) is 0.793. The van der Waals surface area contributed by atoms with Gasteiger partial charge in [0.05, 0.1) is 0 Å². The Kier molecular flexibility index (Phi) is 6.64. The number of hydrogen-bond donors (Lipinski definition) is 1. The molecular weight excluding hydrogens is 278 g/mol. The van der Waals surface area contributed by atoms with Crippen LogP contribution < -0.4 is 10.1 Å². The summed E-state index contributed by atoms with van der Waals surface area (Å²) in [5.41, 5.74) is 2.48. The smallest absolute Gasteiger partial charge is 0.119 e. The number of hydrogen-bond acceptors (Lipinski definition) is 3. The van der Waals surface area contributed by atoms with E-state index in [-0.39, 0.29) is 0 Å². The number of nitrogens with one attached hydrogen (secondary N) is 1. The summed E-state index contributed by atoms with van der Waals surface area (Å²) in [4.78, 5) is 0. The molecule has 0 aromatic heterocycles. The Morgan fingerprint density at radius 2 is 1.71 bits per heavy atom. The average Bonchev–Trinajstić information content (AvgIpc) is 2.55.